The summed E-state index contributed by atoms with van der Waals surface area (Å²) in [7, 11) is 0. The third-order valence-electron chi connectivity index (χ3n) is 5.74. The van der Waals surface area contributed by atoms with E-state index in [1.54, 1.807) is 0 Å². The fourth-order valence-electron chi connectivity index (χ4n) is 4.44. The van der Waals surface area contributed by atoms with Gasteiger partial charge in [-0.25, -0.2) is 0 Å². The lowest BCUT2D eigenvalue weighted by Gasteiger charge is -2.20. The largest absolute Gasteiger partial charge is 0.387 e. The fraction of sp³-hybridized carbons (Fsp3) is 0.148. The molecule has 0 saturated heterocycles. The zero-order valence-corrected chi connectivity index (χ0v) is 16.5. The van der Waals surface area contributed by atoms with Crippen molar-refractivity contribution in [1.82, 2.24) is 5.32 Å². The van der Waals surface area contributed by atoms with Gasteiger partial charge in [0.25, 0.3) is 0 Å². The summed E-state index contributed by atoms with van der Waals surface area (Å²) in [6.45, 7) is 5.22. The lowest BCUT2D eigenvalue weighted by Crippen LogP contribution is -2.08. The number of allylic oxidation sites excluding steroid dienone is 3. The first-order chi connectivity index (χ1) is 14.3. The molecule has 0 saturated carbocycles. The normalized spacial score (nSPS) is 15.0. The lowest BCUT2D eigenvalue weighted by atomic mass is 9.84. The number of dihydropyridines is 1. The van der Waals surface area contributed by atoms with Crippen LogP contribution < -0.4 is 5.32 Å². The first-order valence-electron chi connectivity index (χ1n) is 10.2. The van der Waals surface area contributed by atoms with E-state index in [-0.39, 0.29) is 0 Å². The SMILES string of the molecule is C=NCc1cc(C2=CNCC=C2)cc(-c2c3c(cc4ccccc24)CCC=C3)c1. The van der Waals surface area contributed by atoms with Crippen LogP contribution in [0.4, 0.5) is 0 Å². The molecule has 0 spiro atoms. The Labute approximate surface area is 172 Å². The van der Waals surface area contributed by atoms with Crippen molar-refractivity contribution in [2.75, 3.05) is 6.54 Å². The van der Waals surface area contributed by atoms with E-state index >= 15 is 0 Å². The maximum Gasteiger partial charge on any atom is 0.0632 e. The molecule has 2 nitrogen and oxygen atoms in total. The Morgan fingerprint density at radius 1 is 0.966 bits per heavy atom. The van der Waals surface area contributed by atoms with Gasteiger partial charge < -0.3 is 5.32 Å². The molecule has 3 aromatic carbocycles. The van der Waals surface area contributed by atoms with E-state index in [4.69, 9.17) is 0 Å². The Morgan fingerprint density at radius 2 is 1.86 bits per heavy atom. The summed E-state index contributed by atoms with van der Waals surface area (Å²) in [6.07, 6.45) is 13.3. The molecule has 1 heterocycles. The second-order valence-corrected chi connectivity index (χ2v) is 7.70. The third-order valence-corrected chi connectivity index (χ3v) is 5.74. The van der Waals surface area contributed by atoms with Crippen LogP contribution in [0.2, 0.25) is 0 Å². The molecule has 0 aromatic heterocycles. The van der Waals surface area contributed by atoms with Crippen molar-refractivity contribution in [3.63, 3.8) is 0 Å². The Morgan fingerprint density at radius 3 is 2.72 bits per heavy atom. The minimum atomic E-state index is 0.619. The molecular weight excluding hydrogens is 352 g/mol. The predicted molar refractivity (Wildman–Crippen MR) is 125 cm³/mol. The van der Waals surface area contributed by atoms with Gasteiger partial charge >= 0.3 is 0 Å². The summed E-state index contributed by atoms with van der Waals surface area (Å²) in [5.41, 5.74) is 8.98. The Kier molecular flexibility index (Phi) is 4.61. The van der Waals surface area contributed by atoms with Gasteiger partial charge in [-0.1, -0.05) is 54.6 Å². The van der Waals surface area contributed by atoms with Crippen molar-refractivity contribution in [2.45, 2.75) is 19.4 Å². The maximum absolute atomic E-state index is 4.16. The van der Waals surface area contributed by atoms with Crippen molar-refractivity contribution in [1.29, 1.82) is 0 Å². The molecule has 0 radical (unpaired) electrons. The molecule has 5 rings (SSSR count). The maximum atomic E-state index is 4.16. The van der Waals surface area contributed by atoms with Gasteiger partial charge in [0, 0.05) is 12.7 Å². The van der Waals surface area contributed by atoms with Gasteiger partial charge in [-0.3, -0.25) is 4.99 Å². The highest BCUT2D eigenvalue weighted by Gasteiger charge is 2.17. The number of rotatable bonds is 4. The van der Waals surface area contributed by atoms with Gasteiger partial charge in [0.15, 0.2) is 0 Å². The molecule has 0 bridgehead atoms. The van der Waals surface area contributed by atoms with Crippen LogP contribution in [-0.4, -0.2) is 13.3 Å². The standard InChI is InChI=1S/C27H24N2/c1-28-17-19-13-23(22-9-6-12-29-18-22)16-24(14-19)27-25-10-4-2-7-20(25)15-21-8-3-5-11-26(21)27/h2,4-7,9-11,13-16,18,29H,1,3,8,12,17H2. The number of benzene rings is 3. The van der Waals surface area contributed by atoms with Gasteiger partial charge in [-0.05, 0) is 87.5 Å². The first-order valence-corrected chi connectivity index (χ1v) is 10.2. The molecule has 0 unspecified atom stereocenters. The van der Waals surface area contributed by atoms with Crippen molar-refractivity contribution >= 4 is 29.1 Å². The topological polar surface area (TPSA) is 24.4 Å². The molecule has 3 aromatic rings. The molecule has 0 amide bonds. The van der Waals surface area contributed by atoms with E-state index in [2.05, 4.69) is 96.1 Å². The minimum absolute atomic E-state index is 0.619. The zero-order valence-electron chi connectivity index (χ0n) is 16.5. The average Bonchev–Trinajstić information content (AvgIpc) is 2.78. The van der Waals surface area contributed by atoms with E-state index < -0.39 is 0 Å². The van der Waals surface area contributed by atoms with Gasteiger partial charge in [0.2, 0.25) is 0 Å². The minimum Gasteiger partial charge on any atom is -0.387 e. The second kappa shape index (κ2) is 7.56. The first kappa shape index (κ1) is 17.7. The van der Waals surface area contributed by atoms with Crippen molar-refractivity contribution < 1.29 is 0 Å². The predicted octanol–water partition coefficient (Wildman–Crippen LogP) is 6.17. The van der Waals surface area contributed by atoms with Crippen LogP contribution in [0.15, 0.2) is 78.0 Å². The smallest absolute Gasteiger partial charge is 0.0632 e. The van der Waals surface area contributed by atoms with Crippen LogP contribution in [0.5, 0.6) is 0 Å². The number of hydrogen-bond donors (Lipinski definition) is 1. The number of fused-ring (bicyclic) bond motifs is 2. The second-order valence-electron chi connectivity index (χ2n) is 7.70. The summed E-state index contributed by atoms with van der Waals surface area (Å²) >= 11 is 0. The highest BCUT2D eigenvalue weighted by molar-refractivity contribution is 6.02. The van der Waals surface area contributed by atoms with Gasteiger partial charge in [-0.15, -0.1) is 0 Å². The van der Waals surface area contributed by atoms with Crippen LogP contribution in [-0.2, 0) is 13.0 Å². The van der Waals surface area contributed by atoms with Crippen LogP contribution >= 0.6 is 0 Å². The van der Waals surface area contributed by atoms with Gasteiger partial charge in [-0.2, -0.15) is 0 Å². The monoisotopic (exact) mass is 376 g/mol. The molecule has 1 aliphatic carbocycles. The quantitative estimate of drug-likeness (QED) is 0.541. The zero-order chi connectivity index (χ0) is 19.6. The highest BCUT2D eigenvalue weighted by Crippen LogP contribution is 2.39. The fourth-order valence-corrected chi connectivity index (χ4v) is 4.44. The summed E-state index contributed by atoms with van der Waals surface area (Å²) < 4.78 is 0. The number of aryl methyl sites for hydroxylation is 1. The van der Waals surface area contributed by atoms with Gasteiger partial charge in [0.1, 0.15) is 0 Å². The molecule has 29 heavy (non-hydrogen) atoms. The average molecular weight is 377 g/mol. The summed E-state index contributed by atoms with van der Waals surface area (Å²) in [5, 5.41) is 5.94. The molecule has 1 aliphatic heterocycles. The number of nitrogens with zero attached hydrogens (tertiary/aromatic N) is 1. The molecule has 0 atom stereocenters. The Balaban J connectivity index is 1.80. The van der Waals surface area contributed by atoms with Crippen LogP contribution in [0.3, 0.4) is 0 Å². The van der Waals surface area contributed by atoms with E-state index in [1.807, 2.05) is 0 Å². The van der Waals surface area contributed by atoms with Crippen molar-refractivity contribution in [3.05, 3.63) is 95.2 Å². The number of nitrogens with one attached hydrogen (secondary N) is 1. The number of aliphatic imine (C=N–C) groups is 1. The van der Waals surface area contributed by atoms with Crippen molar-refractivity contribution in [3.8, 4) is 11.1 Å². The van der Waals surface area contributed by atoms with E-state index in [0.717, 1.165) is 19.4 Å². The van der Waals surface area contributed by atoms with Gasteiger partial charge in [0.05, 0.1) is 6.54 Å². The summed E-state index contributed by atoms with van der Waals surface area (Å²) in [6, 6.07) is 17.9. The Bertz CT molecular complexity index is 1190. The molecule has 2 aliphatic rings. The summed E-state index contributed by atoms with van der Waals surface area (Å²) in [5.74, 6) is 0. The molecule has 2 heteroatoms. The van der Waals surface area contributed by atoms with Crippen LogP contribution in [0.1, 0.15) is 28.7 Å². The number of hydrogen-bond acceptors (Lipinski definition) is 2. The Hall–Kier alpha value is -3.39. The van der Waals surface area contributed by atoms with Crippen molar-refractivity contribution in [2.24, 2.45) is 4.99 Å². The molecule has 0 fully saturated rings. The summed E-state index contributed by atoms with van der Waals surface area (Å²) in [4.78, 5) is 4.16. The highest BCUT2D eigenvalue weighted by atomic mass is 14.8. The molecule has 142 valence electrons. The third kappa shape index (κ3) is 3.31. The molecule has 1 N–H and O–H groups in total. The van der Waals surface area contributed by atoms with Crippen LogP contribution in [0, 0.1) is 0 Å². The molecular formula is C27H24N2. The lowest BCUT2D eigenvalue weighted by molar-refractivity contribution is 0.976. The van der Waals surface area contributed by atoms with E-state index in [0.29, 0.717) is 6.54 Å². The van der Waals surface area contributed by atoms with Crippen LogP contribution in [0.25, 0.3) is 33.5 Å². The van der Waals surface area contributed by atoms with E-state index in [9.17, 15) is 0 Å². The van der Waals surface area contributed by atoms with E-state index in [1.165, 1.54) is 49.7 Å².